The Morgan fingerprint density at radius 2 is 1.95 bits per heavy atom. The van der Waals surface area contributed by atoms with Crippen molar-refractivity contribution in [3.05, 3.63) is 47.2 Å². The average molecular weight is 321 g/mol. The fraction of sp³-hybridized carbons (Fsp3) is 0.312. The van der Waals surface area contributed by atoms with Crippen LogP contribution in [-0.4, -0.2) is 44.1 Å². The Morgan fingerprint density at radius 3 is 2.68 bits per heavy atom. The summed E-state index contributed by atoms with van der Waals surface area (Å²) in [7, 11) is 2.15. The van der Waals surface area contributed by atoms with E-state index >= 15 is 0 Å². The van der Waals surface area contributed by atoms with E-state index in [9.17, 15) is 4.79 Å². The molecule has 1 aromatic heterocycles. The molecule has 0 saturated carbocycles. The van der Waals surface area contributed by atoms with Crippen molar-refractivity contribution in [1.29, 1.82) is 0 Å². The van der Waals surface area contributed by atoms with E-state index in [2.05, 4.69) is 12.5 Å². The highest BCUT2D eigenvalue weighted by Crippen LogP contribution is 2.28. The Morgan fingerprint density at radius 1 is 1.23 bits per heavy atom. The first kappa shape index (κ1) is 15.1. The van der Waals surface area contributed by atoms with Crippen LogP contribution in [0.4, 0.5) is 0 Å². The molecule has 2 heterocycles. The highest BCUT2D eigenvalue weighted by atomic mass is 35.5. The van der Waals surface area contributed by atoms with Gasteiger partial charge in [0.2, 0.25) is 0 Å². The topological polar surface area (TPSA) is 49.9 Å². The molecule has 2 N–H and O–H groups in total. The first-order valence-electron chi connectivity index (χ1n) is 7.35. The van der Waals surface area contributed by atoms with Crippen LogP contribution in [0.25, 0.3) is 11.3 Å². The summed E-state index contributed by atoms with van der Waals surface area (Å²) < 4.78 is 5.65. The van der Waals surface area contributed by atoms with Crippen LogP contribution in [0.2, 0.25) is 5.02 Å². The normalized spacial score (nSPS) is 16.6. The molecule has 0 bridgehead atoms. The lowest BCUT2D eigenvalue weighted by atomic mass is 10.2. The molecule has 1 aliphatic rings. The summed E-state index contributed by atoms with van der Waals surface area (Å²) in [5.41, 5.74) is 3.67. The van der Waals surface area contributed by atoms with E-state index in [-0.39, 0.29) is 5.91 Å². The Kier molecular flexibility index (Phi) is 4.47. The standard InChI is InChI=1S/C16H18ClN3O2/c1-19-8-10-20(11-9-19)18-16(21)15-7-6-14(22-15)12-4-2-3-5-13(12)17/h2-7H,8-11H2,1H3,(H,18,21)/p+1. The smallest absolute Gasteiger partial charge is 0.301 e. The lowest BCUT2D eigenvalue weighted by molar-refractivity contribution is -0.884. The maximum atomic E-state index is 12.2. The number of halogens is 1. The molecule has 6 heteroatoms. The van der Waals surface area contributed by atoms with Crippen LogP contribution in [0.1, 0.15) is 10.6 Å². The van der Waals surface area contributed by atoms with Gasteiger partial charge < -0.3 is 9.32 Å². The minimum Gasteiger partial charge on any atom is -0.451 e. The van der Waals surface area contributed by atoms with Crippen LogP contribution in [-0.2, 0) is 0 Å². The quantitative estimate of drug-likeness (QED) is 0.889. The Bertz CT molecular complexity index is 663. The summed E-state index contributed by atoms with van der Waals surface area (Å²) in [5.74, 6) is 0.664. The minimum absolute atomic E-state index is 0.224. The number of nitrogens with one attached hydrogen (secondary N) is 2. The number of hydrazine groups is 1. The zero-order chi connectivity index (χ0) is 15.5. The molecule has 5 nitrogen and oxygen atoms in total. The highest BCUT2D eigenvalue weighted by molar-refractivity contribution is 6.33. The number of likely N-dealkylation sites (N-methyl/N-ethyl adjacent to an activating group) is 1. The van der Waals surface area contributed by atoms with Crippen molar-refractivity contribution in [3.63, 3.8) is 0 Å². The van der Waals surface area contributed by atoms with E-state index in [4.69, 9.17) is 16.0 Å². The zero-order valence-corrected chi connectivity index (χ0v) is 13.2. The maximum absolute atomic E-state index is 12.2. The first-order valence-corrected chi connectivity index (χ1v) is 7.73. The number of furan rings is 1. The van der Waals surface area contributed by atoms with Crippen molar-refractivity contribution in [2.45, 2.75) is 0 Å². The molecular weight excluding hydrogens is 302 g/mol. The summed E-state index contributed by atoms with van der Waals surface area (Å²) in [6.07, 6.45) is 0. The van der Waals surface area contributed by atoms with Crippen LogP contribution in [0.3, 0.4) is 0 Å². The Labute approximate surface area is 134 Å². The molecule has 0 aliphatic carbocycles. The SMILES string of the molecule is C[NH+]1CCN(NC(=O)c2ccc(-c3ccccc3Cl)o2)CC1. The number of quaternary nitrogens is 1. The predicted octanol–water partition coefficient (Wildman–Crippen LogP) is 1.08. The molecule has 0 spiro atoms. The van der Waals surface area contributed by atoms with Crippen LogP contribution >= 0.6 is 11.6 Å². The molecule has 22 heavy (non-hydrogen) atoms. The molecule has 1 saturated heterocycles. The van der Waals surface area contributed by atoms with Crippen LogP contribution in [0.5, 0.6) is 0 Å². The van der Waals surface area contributed by atoms with Gasteiger partial charge in [0, 0.05) is 5.56 Å². The molecule has 0 radical (unpaired) electrons. The van der Waals surface area contributed by atoms with Gasteiger partial charge in [-0.15, -0.1) is 0 Å². The van der Waals surface area contributed by atoms with Gasteiger partial charge in [-0.05, 0) is 24.3 Å². The third-order valence-corrected chi connectivity index (χ3v) is 4.18. The van der Waals surface area contributed by atoms with Gasteiger partial charge >= 0.3 is 5.91 Å². The molecule has 0 unspecified atom stereocenters. The summed E-state index contributed by atoms with van der Waals surface area (Å²) in [4.78, 5) is 13.7. The van der Waals surface area contributed by atoms with Gasteiger partial charge in [-0.2, -0.15) is 0 Å². The number of carbonyl (C=O) groups excluding carboxylic acids is 1. The van der Waals surface area contributed by atoms with Crippen molar-refractivity contribution in [3.8, 4) is 11.3 Å². The fourth-order valence-corrected chi connectivity index (χ4v) is 2.69. The lowest BCUT2D eigenvalue weighted by Gasteiger charge is -2.29. The summed E-state index contributed by atoms with van der Waals surface area (Å²) in [6.45, 7) is 3.72. The Hall–Kier alpha value is -1.82. The molecular formula is C16H19ClN3O2+. The second-order valence-electron chi connectivity index (χ2n) is 5.53. The highest BCUT2D eigenvalue weighted by Gasteiger charge is 2.20. The van der Waals surface area contributed by atoms with E-state index in [0.29, 0.717) is 16.5 Å². The van der Waals surface area contributed by atoms with Gasteiger partial charge in [-0.1, -0.05) is 23.7 Å². The monoisotopic (exact) mass is 320 g/mol. The average Bonchev–Trinajstić information content (AvgIpc) is 3.00. The molecule has 1 fully saturated rings. The van der Waals surface area contributed by atoms with Crippen molar-refractivity contribution in [1.82, 2.24) is 10.4 Å². The third kappa shape index (κ3) is 3.32. The number of carbonyl (C=O) groups is 1. The van der Waals surface area contributed by atoms with E-state index < -0.39 is 0 Å². The maximum Gasteiger partial charge on any atom is 0.301 e. The minimum atomic E-state index is -0.224. The van der Waals surface area contributed by atoms with Crippen molar-refractivity contribution in [2.75, 3.05) is 33.2 Å². The van der Waals surface area contributed by atoms with E-state index in [1.165, 1.54) is 4.90 Å². The van der Waals surface area contributed by atoms with Crippen molar-refractivity contribution >= 4 is 17.5 Å². The second kappa shape index (κ2) is 6.52. The lowest BCUT2D eigenvalue weighted by Crippen LogP contribution is -3.12. The van der Waals surface area contributed by atoms with E-state index in [0.717, 1.165) is 31.7 Å². The van der Waals surface area contributed by atoms with Crippen LogP contribution in [0.15, 0.2) is 40.8 Å². The Balaban J connectivity index is 1.68. The van der Waals surface area contributed by atoms with E-state index in [1.807, 2.05) is 23.2 Å². The first-order chi connectivity index (χ1) is 10.6. The van der Waals surface area contributed by atoms with Gasteiger partial charge in [-0.3, -0.25) is 10.2 Å². The summed E-state index contributed by atoms with van der Waals surface area (Å²) >= 11 is 6.15. The number of rotatable bonds is 3. The third-order valence-electron chi connectivity index (χ3n) is 3.85. The predicted molar refractivity (Wildman–Crippen MR) is 84.8 cm³/mol. The molecule has 3 rings (SSSR count). The number of hydrogen-bond donors (Lipinski definition) is 2. The molecule has 116 valence electrons. The van der Waals surface area contributed by atoms with Gasteiger partial charge in [0.25, 0.3) is 0 Å². The molecule has 2 aromatic rings. The number of nitrogens with zero attached hydrogens (tertiary/aromatic N) is 1. The van der Waals surface area contributed by atoms with E-state index in [1.54, 1.807) is 18.2 Å². The summed E-state index contributed by atoms with van der Waals surface area (Å²) in [6, 6.07) is 10.9. The van der Waals surface area contributed by atoms with Gasteiger partial charge in [0.15, 0.2) is 5.76 Å². The van der Waals surface area contributed by atoms with Gasteiger partial charge in [0.05, 0.1) is 38.2 Å². The van der Waals surface area contributed by atoms with Crippen LogP contribution in [0, 0.1) is 0 Å². The fourth-order valence-electron chi connectivity index (χ4n) is 2.46. The number of hydrogen-bond acceptors (Lipinski definition) is 3. The van der Waals surface area contributed by atoms with Gasteiger partial charge in [-0.25, -0.2) is 5.01 Å². The summed E-state index contributed by atoms with van der Waals surface area (Å²) in [5, 5.41) is 2.54. The number of amides is 1. The molecule has 1 amide bonds. The van der Waals surface area contributed by atoms with Crippen LogP contribution < -0.4 is 10.3 Å². The van der Waals surface area contributed by atoms with Crippen molar-refractivity contribution < 1.29 is 14.1 Å². The number of piperazine rings is 1. The number of benzene rings is 1. The van der Waals surface area contributed by atoms with Gasteiger partial charge in [0.1, 0.15) is 5.76 Å². The largest absolute Gasteiger partial charge is 0.451 e. The molecule has 1 aliphatic heterocycles. The van der Waals surface area contributed by atoms with Crippen molar-refractivity contribution in [2.24, 2.45) is 0 Å². The zero-order valence-electron chi connectivity index (χ0n) is 12.4. The molecule has 1 aromatic carbocycles. The molecule has 0 atom stereocenters. The second-order valence-corrected chi connectivity index (χ2v) is 5.94.